The first-order valence-electron chi connectivity index (χ1n) is 8.17. The molecule has 0 fully saturated rings. The second-order valence-electron chi connectivity index (χ2n) is 5.95. The minimum atomic E-state index is -3.70. The van der Waals surface area contributed by atoms with Crippen molar-refractivity contribution in [3.05, 3.63) is 42.5 Å². The number of ether oxygens (including phenoxy) is 2. The Balaban J connectivity index is 2.23. The van der Waals surface area contributed by atoms with Crippen molar-refractivity contribution in [3.63, 3.8) is 0 Å². The molecule has 2 aromatic carbocycles. The molecular weight excluding hydrogens is 370 g/mol. The van der Waals surface area contributed by atoms with Crippen LogP contribution in [0.4, 0.5) is 16.2 Å². The lowest BCUT2D eigenvalue weighted by Gasteiger charge is -2.14. The molecule has 0 aliphatic heterocycles. The Morgan fingerprint density at radius 1 is 1.00 bits per heavy atom. The summed E-state index contributed by atoms with van der Waals surface area (Å²) < 4.78 is 37.5. The van der Waals surface area contributed by atoms with Gasteiger partial charge in [-0.1, -0.05) is 6.07 Å². The summed E-state index contributed by atoms with van der Waals surface area (Å²) in [6, 6.07) is 10.3. The van der Waals surface area contributed by atoms with Crippen molar-refractivity contribution in [3.8, 4) is 11.5 Å². The summed E-state index contributed by atoms with van der Waals surface area (Å²) in [6.45, 7) is 3.45. The third-order valence-electron chi connectivity index (χ3n) is 3.45. The molecule has 0 saturated carbocycles. The average Bonchev–Trinajstić information content (AvgIpc) is 2.60. The van der Waals surface area contributed by atoms with Gasteiger partial charge in [0, 0.05) is 17.8 Å². The number of hydrogen-bond acceptors (Lipinski definition) is 5. The molecular formula is C18H23N3O5S. The number of methoxy groups -OCH3 is 2. The van der Waals surface area contributed by atoms with E-state index in [4.69, 9.17) is 9.47 Å². The first-order chi connectivity index (χ1) is 12.7. The predicted molar refractivity (Wildman–Crippen MR) is 104 cm³/mol. The predicted octanol–water partition coefficient (Wildman–Crippen LogP) is 3.03. The minimum Gasteiger partial charge on any atom is -0.497 e. The van der Waals surface area contributed by atoms with E-state index in [0.717, 1.165) is 0 Å². The van der Waals surface area contributed by atoms with E-state index in [1.165, 1.54) is 32.4 Å². The monoisotopic (exact) mass is 393 g/mol. The van der Waals surface area contributed by atoms with Crippen molar-refractivity contribution < 1.29 is 22.7 Å². The van der Waals surface area contributed by atoms with Crippen LogP contribution in [0.15, 0.2) is 47.4 Å². The molecule has 0 heterocycles. The molecule has 0 bridgehead atoms. The van der Waals surface area contributed by atoms with Crippen molar-refractivity contribution >= 4 is 27.4 Å². The normalized spacial score (nSPS) is 11.1. The van der Waals surface area contributed by atoms with Crippen LogP contribution in [0.3, 0.4) is 0 Å². The van der Waals surface area contributed by atoms with Crippen LogP contribution in [-0.2, 0) is 10.0 Å². The highest BCUT2D eigenvalue weighted by atomic mass is 32.2. The van der Waals surface area contributed by atoms with Gasteiger partial charge < -0.3 is 20.1 Å². The van der Waals surface area contributed by atoms with Crippen molar-refractivity contribution in [2.45, 2.75) is 24.8 Å². The van der Waals surface area contributed by atoms with Gasteiger partial charge in [0.1, 0.15) is 11.5 Å². The number of carbonyl (C=O) groups excluding carboxylic acids is 1. The molecule has 2 rings (SSSR count). The Morgan fingerprint density at radius 2 is 1.74 bits per heavy atom. The van der Waals surface area contributed by atoms with E-state index in [1.807, 2.05) is 0 Å². The molecule has 27 heavy (non-hydrogen) atoms. The second-order valence-corrected chi connectivity index (χ2v) is 7.66. The van der Waals surface area contributed by atoms with Crippen LogP contribution in [-0.4, -0.2) is 34.7 Å². The van der Waals surface area contributed by atoms with Gasteiger partial charge in [0.25, 0.3) is 0 Å². The fraction of sp³-hybridized carbons (Fsp3) is 0.278. The number of benzene rings is 2. The van der Waals surface area contributed by atoms with Crippen LogP contribution in [0.5, 0.6) is 11.5 Å². The van der Waals surface area contributed by atoms with Gasteiger partial charge in [0.05, 0.1) is 24.8 Å². The molecule has 0 saturated heterocycles. The smallest absolute Gasteiger partial charge is 0.323 e. The number of amides is 2. The van der Waals surface area contributed by atoms with Crippen molar-refractivity contribution in [1.82, 2.24) is 4.72 Å². The van der Waals surface area contributed by atoms with Crippen LogP contribution in [0, 0.1) is 0 Å². The third kappa shape index (κ3) is 5.60. The molecule has 2 amide bonds. The molecule has 0 spiro atoms. The van der Waals surface area contributed by atoms with Crippen molar-refractivity contribution in [2.75, 3.05) is 24.9 Å². The number of anilines is 2. The third-order valence-corrected chi connectivity index (χ3v) is 5.10. The quantitative estimate of drug-likeness (QED) is 0.670. The summed E-state index contributed by atoms with van der Waals surface area (Å²) in [5, 5.41) is 5.26. The van der Waals surface area contributed by atoms with Crippen molar-refractivity contribution in [2.24, 2.45) is 0 Å². The van der Waals surface area contributed by atoms with Gasteiger partial charge in [-0.25, -0.2) is 17.9 Å². The van der Waals surface area contributed by atoms with Gasteiger partial charge in [0.2, 0.25) is 10.0 Å². The van der Waals surface area contributed by atoms with Crippen LogP contribution >= 0.6 is 0 Å². The van der Waals surface area contributed by atoms with E-state index in [2.05, 4.69) is 15.4 Å². The van der Waals surface area contributed by atoms with Crippen LogP contribution in [0.25, 0.3) is 0 Å². The number of sulfonamides is 1. The zero-order valence-corrected chi connectivity index (χ0v) is 16.4. The Morgan fingerprint density at radius 3 is 2.37 bits per heavy atom. The van der Waals surface area contributed by atoms with Gasteiger partial charge in [-0.2, -0.15) is 0 Å². The standard InChI is InChI=1S/C18H23N3O5S/c1-12(2)21-27(23,24)15-8-9-17(26-4)16(11-15)20-18(22)19-13-6-5-7-14(10-13)25-3/h5-12,21H,1-4H3,(H2,19,20,22). The number of urea groups is 1. The first-order valence-corrected chi connectivity index (χ1v) is 9.66. The van der Waals surface area contributed by atoms with Gasteiger partial charge in [-0.3, -0.25) is 0 Å². The number of rotatable bonds is 7. The SMILES string of the molecule is COc1cccc(NC(=O)Nc2cc(S(=O)(=O)NC(C)C)ccc2OC)c1. The highest BCUT2D eigenvalue weighted by molar-refractivity contribution is 7.89. The summed E-state index contributed by atoms with van der Waals surface area (Å²) >= 11 is 0. The van der Waals surface area contributed by atoms with Gasteiger partial charge in [-0.05, 0) is 44.2 Å². The van der Waals surface area contributed by atoms with Crippen LogP contribution in [0.2, 0.25) is 0 Å². The summed E-state index contributed by atoms with van der Waals surface area (Å²) in [6.07, 6.45) is 0. The van der Waals surface area contributed by atoms with E-state index in [9.17, 15) is 13.2 Å². The maximum Gasteiger partial charge on any atom is 0.323 e. The molecule has 8 nitrogen and oxygen atoms in total. The van der Waals surface area contributed by atoms with E-state index < -0.39 is 16.1 Å². The van der Waals surface area contributed by atoms with E-state index in [1.54, 1.807) is 38.1 Å². The molecule has 0 atom stereocenters. The maximum atomic E-state index is 12.3. The summed E-state index contributed by atoms with van der Waals surface area (Å²) in [5.41, 5.74) is 0.751. The first kappa shape index (κ1) is 20.5. The molecule has 0 unspecified atom stereocenters. The summed E-state index contributed by atoms with van der Waals surface area (Å²) in [4.78, 5) is 12.3. The van der Waals surface area contributed by atoms with Crippen LogP contribution in [0.1, 0.15) is 13.8 Å². The number of nitrogens with one attached hydrogen (secondary N) is 3. The lowest BCUT2D eigenvalue weighted by Crippen LogP contribution is -2.30. The van der Waals surface area contributed by atoms with Gasteiger partial charge in [-0.15, -0.1) is 0 Å². The molecule has 3 N–H and O–H groups in total. The molecule has 0 radical (unpaired) electrons. The van der Waals surface area contributed by atoms with E-state index in [0.29, 0.717) is 17.2 Å². The molecule has 146 valence electrons. The van der Waals surface area contributed by atoms with E-state index >= 15 is 0 Å². The highest BCUT2D eigenvalue weighted by Gasteiger charge is 2.18. The molecule has 9 heteroatoms. The maximum absolute atomic E-state index is 12.3. The van der Waals surface area contributed by atoms with Crippen molar-refractivity contribution in [1.29, 1.82) is 0 Å². The number of hydrogen-bond donors (Lipinski definition) is 3. The lowest BCUT2D eigenvalue weighted by atomic mass is 10.3. The van der Waals surface area contributed by atoms with Gasteiger partial charge >= 0.3 is 6.03 Å². The Hall–Kier alpha value is -2.78. The molecule has 2 aromatic rings. The highest BCUT2D eigenvalue weighted by Crippen LogP contribution is 2.28. The Kier molecular flexibility index (Phi) is 6.65. The van der Waals surface area contributed by atoms with Crippen LogP contribution < -0.4 is 24.8 Å². The Labute approximate surface area is 158 Å². The fourth-order valence-corrected chi connectivity index (χ4v) is 3.59. The largest absolute Gasteiger partial charge is 0.497 e. The topological polar surface area (TPSA) is 106 Å². The van der Waals surface area contributed by atoms with E-state index in [-0.39, 0.29) is 16.6 Å². The molecule has 0 aromatic heterocycles. The van der Waals surface area contributed by atoms with Gasteiger partial charge in [0.15, 0.2) is 0 Å². The minimum absolute atomic E-state index is 0.0219. The molecule has 0 aliphatic carbocycles. The second kappa shape index (κ2) is 8.74. The lowest BCUT2D eigenvalue weighted by molar-refractivity contribution is 0.262. The summed E-state index contributed by atoms with van der Waals surface area (Å²) in [5.74, 6) is 0.928. The Bertz CT molecular complexity index is 913. The zero-order chi connectivity index (χ0) is 20.0. The number of carbonyl (C=O) groups is 1. The average molecular weight is 393 g/mol. The summed E-state index contributed by atoms with van der Waals surface area (Å²) in [7, 11) is -0.744. The molecule has 0 aliphatic rings. The fourth-order valence-electron chi connectivity index (χ4n) is 2.32. The zero-order valence-electron chi connectivity index (χ0n) is 15.6.